The molecule has 37 heavy (non-hydrogen) atoms. The van der Waals surface area contributed by atoms with E-state index in [0.29, 0.717) is 31.6 Å². The zero-order valence-corrected chi connectivity index (χ0v) is 21.0. The highest BCUT2D eigenvalue weighted by Crippen LogP contribution is 2.48. The Morgan fingerprint density at radius 3 is 2.57 bits per heavy atom. The van der Waals surface area contributed by atoms with Gasteiger partial charge in [-0.3, -0.25) is 9.59 Å². The fraction of sp³-hybridized carbons (Fsp3) is 0.333. The van der Waals surface area contributed by atoms with E-state index in [4.69, 9.17) is 0 Å². The molecular formula is C27H25F3N4O2S. The SMILES string of the molecule is CCSc1cccnc1C(=O)N1CCC2(CC(NC(=O)c3ccc(F)c(-c4c(F)cccc4F)n3)C2)C1. The number of halogens is 3. The maximum atomic E-state index is 14.3. The van der Waals surface area contributed by atoms with Gasteiger partial charge in [0.05, 0.1) is 5.56 Å². The standard InChI is InChI=1S/C27H25F3N4O2S/c1-2-37-21-7-4-11-31-24(21)26(36)34-12-10-27(15-34)13-16(14-27)32-25(35)20-9-8-19(30)23(33-20)22-17(28)5-3-6-18(22)29/h3-9,11,16H,2,10,12-15H2,1H3,(H,32,35). The van der Waals surface area contributed by atoms with Gasteiger partial charge in [0.15, 0.2) is 0 Å². The minimum absolute atomic E-state index is 0.0713. The first-order valence-electron chi connectivity index (χ1n) is 12.1. The van der Waals surface area contributed by atoms with Gasteiger partial charge in [0, 0.05) is 30.2 Å². The van der Waals surface area contributed by atoms with Gasteiger partial charge in [-0.05, 0) is 66.8 Å². The van der Waals surface area contributed by atoms with E-state index < -0.39 is 34.6 Å². The molecule has 0 atom stereocenters. The molecule has 3 heterocycles. The Balaban J connectivity index is 1.22. The Morgan fingerprint density at radius 2 is 1.84 bits per heavy atom. The number of hydrogen-bond acceptors (Lipinski definition) is 5. The predicted molar refractivity (Wildman–Crippen MR) is 134 cm³/mol. The third-order valence-electron chi connectivity index (χ3n) is 6.97. The van der Waals surface area contributed by atoms with E-state index in [1.807, 2.05) is 24.0 Å². The van der Waals surface area contributed by atoms with Gasteiger partial charge in [0.2, 0.25) is 0 Å². The number of rotatable bonds is 6. The number of carbonyl (C=O) groups is 2. The van der Waals surface area contributed by atoms with Gasteiger partial charge >= 0.3 is 0 Å². The molecule has 2 aromatic heterocycles. The summed E-state index contributed by atoms with van der Waals surface area (Å²) >= 11 is 1.59. The summed E-state index contributed by atoms with van der Waals surface area (Å²) in [5.41, 5.74) is -0.882. The van der Waals surface area contributed by atoms with Crippen LogP contribution in [0.3, 0.4) is 0 Å². The average molecular weight is 527 g/mol. The Morgan fingerprint density at radius 1 is 1.08 bits per heavy atom. The molecule has 2 amide bonds. The van der Waals surface area contributed by atoms with Crippen LogP contribution in [-0.2, 0) is 0 Å². The molecule has 0 unspecified atom stereocenters. The van der Waals surface area contributed by atoms with Crippen LogP contribution in [0, 0.1) is 22.9 Å². The third-order valence-corrected chi connectivity index (χ3v) is 7.90. The summed E-state index contributed by atoms with van der Waals surface area (Å²) in [7, 11) is 0. The molecule has 3 aromatic rings. The summed E-state index contributed by atoms with van der Waals surface area (Å²) in [6.07, 6.45) is 3.84. The Labute approximate surface area is 216 Å². The zero-order chi connectivity index (χ0) is 26.2. The molecule has 5 rings (SSSR count). The van der Waals surface area contributed by atoms with Crippen molar-refractivity contribution < 1.29 is 22.8 Å². The largest absolute Gasteiger partial charge is 0.348 e. The lowest BCUT2D eigenvalue weighted by molar-refractivity contribution is 0.0603. The molecule has 6 nitrogen and oxygen atoms in total. The number of likely N-dealkylation sites (tertiary alicyclic amines) is 1. The van der Waals surface area contributed by atoms with Crippen LogP contribution in [0.5, 0.6) is 0 Å². The minimum atomic E-state index is -0.962. The number of amides is 2. The summed E-state index contributed by atoms with van der Waals surface area (Å²) in [6.45, 7) is 3.25. The fourth-order valence-corrected chi connectivity index (χ4v) is 5.99. The van der Waals surface area contributed by atoms with Gasteiger partial charge < -0.3 is 10.2 Å². The van der Waals surface area contributed by atoms with Crippen LogP contribution in [0.25, 0.3) is 11.3 Å². The van der Waals surface area contributed by atoms with Gasteiger partial charge in [0.1, 0.15) is 34.5 Å². The monoisotopic (exact) mass is 526 g/mol. The van der Waals surface area contributed by atoms with Crippen LogP contribution in [0.2, 0.25) is 0 Å². The van der Waals surface area contributed by atoms with Crippen LogP contribution in [0.1, 0.15) is 47.2 Å². The zero-order valence-electron chi connectivity index (χ0n) is 20.1. The average Bonchev–Trinajstić information content (AvgIpc) is 3.30. The maximum absolute atomic E-state index is 14.3. The molecule has 1 spiro atoms. The lowest BCUT2D eigenvalue weighted by Gasteiger charge is -2.45. The van der Waals surface area contributed by atoms with Gasteiger partial charge in [-0.25, -0.2) is 23.1 Å². The maximum Gasteiger partial charge on any atom is 0.273 e. The predicted octanol–water partition coefficient (Wildman–Crippen LogP) is 5.10. The molecule has 1 N–H and O–H groups in total. The molecule has 2 aliphatic rings. The van der Waals surface area contributed by atoms with Crippen molar-refractivity contribution in [2.45, 2.75) is 37.1 Å². The second-order valence-corrected chi connectivity index (χ2v) is 10.8. The lowest BCUT2D eigenvalue weighted by atomic mass is 9.65. The van der Waals surface area contributed by atoms with Gasteiger partial charge in [-0.2, -0.15) is 0 Å². The first-order valence-corrected chi connectivity index (χ1v) is 13.1. The van der Waals surface area contributed by atoms with Crippen molar-refractivity contribution in [1.82, 2.24) is 20.2 Å². The second kappa shape index (κ2) is 10.2. The summed E-state index contributed by atoms with van der Waals surface area (Å²) in [5.74, 6) is -2.63. The van der Waals surface area contributed by atoms with Crippen molar-refractivity contribution >= 4 is 23.6 Å². The van der Waals surface area contributed by atoms with Crippen LogP contribution in [0.4, 0.5) is 13.2 Å². The van der Waals surface area contributed by atoms with Crippen LogP contribution in [0.15, 0.2) is 53.6 Å². The van der Waals surface area contributed by atoms with Gasteiger partial charge in [0.25, 0.3) is 11.8 Å². The molecule has 1 aliphatic carbocycles. The first-order chi connectivity index (χ1) is 17.8. The molecule has 0 bridgehead atoms. The van der Waals surface area contributed by atoms with Crippen molar-refractivity contribution in [1.29, 1.82) is 0 Å². The van der Waals surface area contributed by atoms with Crippen LogP contribution in [-0.4, -0.2) is 51.6 Å². The highest BCUT2D eigenvalue weighted by atomic mass is 32.2. The number of aromatic nitrogens is 2. The molecule has 1 aromatic carbocycles. The topological polar surface area (TPSA) is 75.2 Å². The van der Waals surface area contributed by atoms with E-state index in [9.17, 15) is 22.8 Å². The number of hydrogen-bond donors (Lipinski definition) is 1. The number of thioether (sulfide) groups is 1. The van der Waals surface area contributed by atoms with Crippen molar-refractivity contribution in [3.8, 4) is 11.3 Å². The summed E-state index contributed by atoms with van der Waals surface area (Å²) in [5, 5.41) is 2.88. The Bertz CT molecular complexity index is 1340. The van der Waals surface area contributed by atoms with Crippen molar-refractivity contribution in [2.24, 2.45) is 5.41 Å². The number of nitrogens with one attached hydrogen (secondary N) is 1. The number of carbonyl (C=O) groups excluding carboxylic acids is 2. The highest BCUT2D eigenvalue weighted by molar-refractivity contribution is 7.99. The van der Waals surface area contributed by atoms with E-state index in [2.05, 4.69) is 15.3 Å². The van der Waals surface area contributed by atoms with Crippen LogP contribution < -0.4 is 5.32 Å². The Kier molecular flexibility index (Phi) is 6.94. The third kappa shape index (κ3) is 4.94. The van der Waals surface area contributed by atoms with E-state index in [1.165, 1.54) is 12.1 Å². The Hall–Kier alpha value is -3.40. The minimum Gasteiger partial charge on any atom is -0.348 e. The summed E-state index contributed by atoms with van der Waals surface area (Å²) in [4.78, 5) is 36.9. The molecule has 2 fully saturated rings. The highest BCUT2D eigenvalue weighted by Gasteiger charge is 2.50. The first kappa shape index (κ1) is 25.3. The molecule has 10 heteroatoms. The van der Waals surface area contributed by atoms with Crippen LogP contribution >= 0.6 is 11.8 Å². The normalized spacial score (nSPS) is 20.6. The quantitative estimate of drug-likeness (QED) is 0.453. The second-order valence-electron chi connectivity index (χ2n) is 9.46. The van der Waals surface area contributed by atoms with E-state index >= 15 is 0 Å². The van der Waals surface area contributed by atoms with Gasteiger partial charge in [-0.1, -0.05) is 13.0 Å². The number of pyridine rings is 2. The molecule has 0 radical (unpaired) electrons. The smallest absolute Gasteiger partial charge is 0.273 e. The molecule has 1 saturated heterocycles. The summed E-state index contributed by atoms with van der Waals surface area (Å²) < 4.78 is 42.7. The van der Waals surface area contributed by atoms with Crippen molar-refractivity contribution in [2.75, 3.05) is 18.8 Å². The van der Waals surface area contributed by atoms with E-state index in [-0.39, 0.29) is 23.1 Å². The molecular weight excluding hydrogens is 501 g/mol. The van der Waals surface area contributed by atoms with Crippen molar-refractivity contribution in [3.63, 3.8) is 0 Å². The molecule has 192 valence electrons. The summed E-state index contributed by atoms with van der Waals surface area (Å²) in [6, 6.07) is 8.95. The van der Waals surface area contributed by atoms with Crippen molar-refractivity contribution in [3.05, 3.63) is 77.5 Å². The number of benzene rings is 1. The molecule has 1 aliphatic heterocycles. The number of nitrogens with zero attached hydrogens (tertiary/aromatic N) is 3. The lowest BCUT2D eigenvalue weighted by Crippen LogP contribution is -2.52. The fourth-order valence-electron chi connectivity index (χ4n) is 5.23. The van der Waals surface area contributed by atoms with E-state index in [0.717, 1.165) is 35.3 Å². The molecule has 1 saturated carbocycles. The van der Waals surface area contributed by atoms with Gasteiger partial charge in [-0.15, -0.1) is 11.8 Å². The van der Waals surface area contributed by atoms with E-state index in [1.54, 1.807) is 18.0 Å².